The first kappa shape index (κ1) is 9.72. The van der Waals surface area contributed by atoms with Crippen LogP contribution >= 0.6 is 0 Å². The van der Waals surface area contributed by atoms with Gasteiger partial charge < -0.3 is 5.32 Å². The fourth-order valence-electron chi connectivity index (χ4n) is 3.17. The Bertz CT molecular complexity index is 445. The molecule has 0 spiro atoms. The van der Waals surface area contributed by atoms with Crippen molar-refractivity contribution in [2.45, 2.75) is 44.1 Å². The molecular formula is C14H16N2. The predicted octanol–water partition coefficient (Wildman–Crippen LogP) is 3.40. The quantitative estimate of drug-likeness (QED) is 0.715. The molecule has 1 aromatic rings. The maximum Gasteiger partial charge on any atom is 0.101 e. The normalized spacial score (nSPS) is 27.2. The van der Waals surface area contributed by atoms with E-state index in [0.29, 0.717) is 12.0 Å². The SMILES string of the molecule is N#Cc1cccc2c1NC1CCCCCC21. The van der Waals surface area contributed by atoms with Gasteiger partial charge in [-0.15, -0.1) is 0 Å². The summed E-state index contributed by atoms with van der Waals surface area (Å²) in [5.74, 6) is 0.644. The van der Waals surface area contributed by atoms with Crippen LogP contribution in [-0.4, -0.2) is 6.04 Å². The molecule has 1 saturated carbocycles. The molecule has 1 aliphatic carbocycles. The fourth-order valence-corrected chi connectivity index (χ4v) is 3.17. The van der Waals surface area contributed by atoms with Crippen LogP contribution in [0, 0.1) is 11.3 Å². The Morgan fingerprint density at radius 1 is 1.19 bits per heavy atom. The molecule has 0 saturated heterocycles. The van der Waals surface area contributed by atoms with Crippen LogP contribution in [0.5, 0.6) is 0 Å². The van der Waals surface area contributed by atoms with Crippen LogP contribution in [0.25, 0.3) is 0 Å². The van der Waals surface area contributed by atoms with Gasteiger partial charge in [-0.05, 0) is 24.5 Å². The van der Waals surface area contributed by atoms with Crippen LogP contribution < -0.4 is 5.32 Å². The lowest BCUT2D eigenvalue weighted by atomic mass is 9.90. The number of rotatable bonds is 0. The lowest BCUT2D eigenvalue weighted by molar-refractivity contribution is 0.562. The van der Waals surface area contributed by atoms with Crippen molar-refractivity contribution < 1.29 is 0 Å². The van der Waals surface area contributed by atoms with Crippen LogP contribution in [0.15, 0.2) is 18.2 Å². The average molecular weight is 212 g/mol. The number of anilines is 1. The van der Waals surface area contributed by atoms with Crippen molar-refractivity contribution in [1.29, 1.82) is 5.26 Å². The van der Waals surface area contributed by atoms with Crippen molar-refractivity contribution in [3.63, 3.8) is 0 Å². The number of para-hydroxylation sites is 1. The molecule has 1 fully saturated rings. The van der Waals surface area contributed by atoms with Crippen LogP contribution in [-0.2, 0) is 0 Å². The highest BCUT2D eigenvalue weighted by atomic mass is 15.0. The maximum absolute atomic E-state index is 9.10. The van der Waals surface area contributed by atoms with E-state index in [1.54, 1.807) is 0 Å². The maximum atomic E-state index is 9.10. The van der Waals surface area contributed by atoms with E-state index in [9.17, 15) is 0 Å². The molecule has 2 nitrogen and oxygen atoms in total. The summed E-state index contributed by atoms with van der Waals surface area (Å²) < 4.78 is 0. The molecule has 2 atom stereocenters. The lowest BCUT2D eigenvalue weighted by Crippen LogP contribution is -2.18. The van der Waals surface area contributed by atoms with Crippen molar-refractivity contribution in [1.82, 2.24) is 0 Å². The Labute approximate surface area is 96.3 Å². The second-order valence-corrected chi connectivity index (χ2v) is 4.88. The summed E-state index contributed by atoms with van der Waals surface area (Å²) >= 11 is 0. The minimum absolute atomic E-state index is 0.576. The number of nitriles is 1. The zero-order valence-electron chi connectivity index (χ0n) is 9.37. The average Bonchev–Trinajstić information content (AvgIpc) is 2.52. The van der Waals surface area contributed by atoms with E-state index in [1.807, 2.05) is 12.1 Å². The van der Waals surface area contributed by atoms with E-state index >= 15 is 0 Å². The molecule has 0 amide bonds. The standard InChI is InChI=1S/C14H16N2/c15-9-10-5-4-7-12-11-6-2-1-3-8-13(11)16-14(10)12/h4-5,7,11,13,16H,1-3,6,8H2. The highest BCUT2D eigenvalue weighted by Crippen LogP contribution is 2.43. The molecule has 16 heavy (non-hydrogen) atoms. The smallest absolute Gasteiger partial charge is 0.101 e. The predicted molar refractivity (Wildman–Crippen MR) is 64.4 cm³/mol. The summed E-state index contributed by atoms with van der Waals surface area (Å²) in [5, 5.41) is 12.7. The molecule has 1 heterocycles. The van der Waals surface area contributed by atoms with E-state index in [-0.39, 0.29) is 0 Å². The fraction of sp³-hybridized carbons (Fsp3) is 0.500. The van der Waals surface area contributed by atoms with Gasteiger partial charge >= 0.3 is 0 Å². The van der Waals surface area contributed by atoms with Gasteiger partial charge in [-0.2, -0.15) is 5.26 Å². The number of nitrogens with one attached hydrogen (secondary N) is 1. The molecule has 2 unspecified atom stereocenters. The highest BCUT2D eigenvalue weighted by molar-refractivity contribution is 5.68. The molecule has 0 bridgehead atoms. The minimum Gasteiger partial charge on any atom is -0.380 e. The topological polar surface area (TPSA) is 35.8 Å². The van der Waals surface area contributed by atoms with Gasteiger partial charge in [0, 0.05) is 12.0 Å². The van der Waals surface area contributed by atoms with Gasteiger partial charge in [0.15, 0.2) is 0 Å². The summed E-state index contributed by atoms with van der Waals surface area (Å²) in [6.45, 7) is 0. The number of hydrogen-bond acceptors (Lipinski definition) is 2. The van der Waals surface area contributed by atoms with E-state index in [0.717, 1.165) is 11.3 Å². The molecule has 1 aliphatic heterocycles. The second-order valence-electron chi connectivity index (χ2n) is 4.88. The van der Waals surface area contributed by atoms with Gasteiger partial charge in [0.25, 0.3) is 0 Å². The summed E-state index contributed by atoms with van der Waals surface area (Å²) in [5.41, 5.74) is 3.30. The highest BCUT2D eigenvalue weighted by Gasteiger charge is 2.33. The lowest BCUT2D eigenvalue weighted by Gasteiger charge is -2.16. The number of fused-ring (bicyclic) bond motifs is 3. The van der Waals surface area contributed by atoms with Crippen molar-refractivity contribution in [2.24, 2.45) is 0 Å². The van der Waals surface area contributed by atoms with E-state index in [1.165, 1.54) is 37.7 Å². The number of nitrogens with zero attached hydrogens (tertiary/aromatic N) is 1. The molecular weight excluding hydrogens is 196 g/mol. The van der Waals surface area contributed by atoms with Crippen molar-refractivity contribution >= 4 is 5.69 Å². The molecule has 2 heteroatoms. The number of hydrogen-bond donors (Lipinski definition) is 1. The van der Waals surface area contributed by atoms with Gasteiger partial charge in [0.2, 0.25) is 0 Å². The summed E-state index contributed by atoms with van der Waals surface area (Å²) in [7, 11) is 0. The summed E-state index contributed by atoms with van der Waals surface area (Å²) in [6, 6.07) is 8.99. The third-order valence-corrected chi connectivity index (χ3v) is 3.96. The molecule has 3 rings (SSSR count). The zero-order valence-corrected chi connectivity index (χ0v) is 9.37. The monoisotopic (exact) mass is 212 g/mol. The number of benzene rings is 1. The zero-order chi connectivity index (χ0) is 11.0. The summed E-state index contributed by atoms with van der Waals surface area (Å²) in [4.78, 5) is 0. The molecule has 2 aliphatic rings. The van der Waals surface area contributed by atoms with Crippen LogP contribution in [0.3, 0.4) is 0 Å². The first-order chi connectivity index (χ1) is 7.90. The van der Waals surface area contributed by atoms with E-state index in [4.69, 9.17) is 5.26 Å². The molecule has 82 valence electrons. The Balaban J connectivity index is 2.03. The third kappa shape index (κ3) is 1.39. The Hall–Kier alpha value is -1.49. The van der Waals surface area contributed by atoms with Gasteiger partial charge in [-0.1, -0.05) is 31.4 Å². The van der Waals surface area contributed by atoms with Gasteiger partial charge in [-0.25, -0.2) is 0 Å². The Morgan fingerprint density at radius 3 is 2.94 bits per heavy atom. The molecule has 1 aromatic carbocycles. The van der Waals surface area contributed by atoms with Crippen molar-refractivity contribution in [3.8, 4) is 6.07 Å². The summed E-state index contributed by atoms with van der Waals surface area (Å²) in [6.07, 6.45) is 6.55. The van der Waals surface area contributed by atoms with E-state index < -0.39 is 0 Å². The van der Waals surface area contributed by atoms with Gasteiger partial charge in [0.05, 0.1) is 11.3 Å². The first-order valence-electron chi connectivity index (χ1n) is 6.19. The molecule has 0 aromatic heterocycles. The minimum atomic E-state index is 0.576. The van der Waals surface area contributed by atoms with Crippen molar-refractivity contribution in [3.05, 3.63) is 29.3 Å². The van der Waals surface area contributed by atoms with E-state index in [2.05, 4.69) is 17.5 Å². The molecule has 1 N–H and O–H groups in total. The van der Waals surface area contributed by atoms with Crippen LogP contribution in [0.1, 0.15) is 49.1 Å². The Morgan fingerprint density at radius 2 is 2.06 bits per heavy atom. The third-order valence-electron chi connectivity index (χ3n) is 3.96. The Kier molecular flexibility index (Phi) is 2.32. The van der Waals surface area contributed by atoms with Crippen LogP contribution in [0.2, 0.25) is 0 Å². The first-order valence-corrected chi connectivity index (χ1v) is 6.19. The van der Waals surface area contributed by atoms with Crippen molar-refractivity contribution in [2.75, 3.05) is 5.32 Å². The van der Waals surface area contributed by atoms with Crippen LogP contribution in [0.4, 0.5) is 5.69 Å². The second kappa shape index (κ2) is 3.83. The molecule has 0 radical (unpaired) electrons. The van der Waals surface area contributed by atoms with Gasteiger partial charge in [0.1, 0.15) is 6.07 Å². The van der Waals surface area contributed by atoms with Gasteiger partial charge in [-0.3, -0.25) is 0 Å². The largest absolute Gasteiger partial charge is 0.380 e.